The molecule has 2 aromatic rings. The van der Waals surface area contributed by atoms with Gasteiger partial charge in [0.15, 0.2) is 6.29 Å². The van der Waals surface area contributed by atoms with E-state index in [1.54, 1.807) is 17.1 Å². The average molecular weight is 221 g/mol. The van der Waals surface area contributed by atoms with Crippen molar-refractivity contribution >= 4 is 17.6 Å². The summed E-state index contributed by atoms with van der Waals surface area (Å²) in [5.74, 6) is 0. The Morgan fingerprint density at radius 1 is 1.60 bits per heavy atom. The largest absolute Gasteiger partial charge is 0.298 e. The monoisotopic (exact) mass is 221 g/mol. The Labute approximate surface area is 91.6 Å². The maximum absolute atomic E-state index is 10.9. The lowest BCUT2D eigenvalue weighted by molar-refractivity contribution is 0.112. The van der Waals surface area contributed by atoms with Gasteiger partial charge in [-0.05, 0) is 6.42 Å². The molecule has 0 spiro atoms. The molecule has 0 saturated carbocycles. The number of hydrogen-bond acceptors (Lipinski definition) is 4. The van der Waals surface area contributed by atoms with E-state index in [4.69, 9.17) is 0 Å². The van der Waals surface area contributed by atoms with Gasteiger partial charge in [-0.3, -0.25) is 9.48 Å². The van der Waals surface area contributed by atoms with Gasteiger partial charge in [0.25, 0.3) is 0 Å². The topological polar surface area (TPSA) is 47.8 Å². The van der Waals surface area contributed by atoms with Crippen molar-refractivity contribution in [1.29, 1.82) is 0 Å². The third-order valence-corrected chi connectivity index (χ3v) is 2.78. The van der Waals surface area contributed by atoms with Crippen LogP contribution in [0.3, 0.4) is 0 Å². The predicted molar refractivity (Wildman–Crippen MR) is 59.0 cm³/mol. The molecule has 0 aliphatic carbocycles. The number of hydrogen-bond donors (Lipinski definition) is 0. The highest BCUT2D eigenvalue weighted by atomic mass is 32.1. The second kappa shape index (κ2) is 4.35. The van der Waals surface area contributed by atoms with E-state index in [0.717, 1.165) is 24.3 Å². The Bertz CT molecular complexity index is 447. The number of thiazole rings is 1. The van der Waals surface area contributed by atoms with Gasteiger partial charge < -0.3 is 0 Å². The lowest BCUT2D eigenvalue weighted by Crippen LogP contribution is -1.96. The lowest BCUT2D eigenvalue weighted by Gasteiger charge is -1.94. The number of nitrogens with zero attached hydrogens (tertiary/aromatic N) is 3. The highest BCUT2D eigenvalue weighted by molar-refractivity contribution is 7.13. The quantitative estimate of drug-likeness (QED) is 0.744. The lowest BCUT2D eigenvalue weighted by atomic mass is 10.3. The Morgan fingerprint density at radius 2 is 2.47 bits per heavy atom. The van der Waals surface area contributed by atoms with Gasteiger partial charge in [0, 0.05) is 24.3 Å². The van der Waals surface area contributed by atoms with Crippen molar-refractivity contribution in [1.82, 2.24) is 14.8 Å². The molecule has 0 radical (unpaired) electrons. The Kier molecular flexibility index (Phi) is 2.91. The van der Waals surface area contributed by atoms with E-state index in [0.29, 0.717) is 11.3 Å². The number of rotatable bonds is 4. The summed E-state index contributed by atoms with van der Waals surface area (Å²) in [5.41, 5.74) is 1.30. The van der Waals surface area contributed by atoms with Crippen LogP contribution in [-0.2, 0) is 6.54 Å². The highest BCUT2D eigenvalue weighted by Gasteiger charge is 2.12. The third-order valence-electron chi connectivity index (χ3n) is 2.00. The molecule has 0 unspecified atom stereocenters. The van der Waals surface area contributed by atoms with Crippen LogP contribution in [0.1, 0.15) is 23.7 Å². The summed E-state index contributed by atoms with van der Waals surface area (Å²) in [7, 11) is 0. The Balaban J connectivity index is 2.41. The molecule has 0 fully saturated rings. The van der Waals surface area contributed by atoms with E-state index in [2.05, 4.69) is 17.0 Å². The zero-order valence-corrected chi connectivity index (χ0v) is 9.20. The molecule has 15 heavy (non-hydrogen) atoms. The normalized spacial score (nSPS) is 10.5. The fourth-order valence-corrected chi connectivity index (χ4v) is 2.02. The number of aromatic nitrogens is 3. The van der Waals surface area contributed by atoms with Crippen LogP contribution in [0.25, 0.3) is 10.7 Å². The van der Waals surface area contributed by atoms with Gasteiger partial charge in [0.05, 0.1) is 5.56 Å². The predicted octanol–water partition coefficient (Wildman–Crippen LogP) is 2.23. The number of carbonyl (C=O) groups is 1. The summed E-state index contributed by atoms with van der Waals surface area (Å²) < 4.78 is 1.79. The van der Waals surface area contributed by atoms with Crippen LogP contribution in [0.4, 0.5) is 0 Å². The van der Waals surface area contributed by atoms with Crippen LogP contribution in [0.15, 0.2) is 17.8 Å². The fourth-order valence-electron chi connectivity index (χ4n) is 1.37. The fraction of sp³-hybridized carbons (Fsp3) is 0.300. The number of carbonyl (C=O) groups excluding carboxylic acids is 1. The first-order valence-electron chi connectivity index (χ1n) is 4.77. The van der Waals surface area contributed by atoms with E-state index in [1.807, 2.05) is 5.38 Å². The van der Waals surface area contributed by atoms with E-state index in [9.17, 15) is 4.79 Å². The van der Waals surface area contributed by atoms with Crippen molar-refractivity contribution < 1.29 is 4.79 Å². The minimum Gasteiger partial charge on any atom is -0.298 e. The van der Waals surface area contributed by atoms with Crippen LogP contribution in [0.5, 0.6) is 0 Å². The van der Waals surface area contributed by atoms with E-state index < -0.39 is 0 Å². The molecule has 5 heteroatoms. The van der Waals surface area contributed by atoms with Crippen LogP contribution < -0.4 is 0 Å². The molecule has 0 saturated heterocycles. The summed E-state index contributed by atoms with van der Waals surface area (Å²) >= 11 is 1.49. The number of aldehydes is 1. The van der Waals surface area contributed by atoms with Gasteiger partial charge >= 0.3 is 0 Å². The van der Waals surface area contributed by atoms with Crippen molar-refractivity contribution in [2.24, 2.45) is 0 Å². The maximum Gasteiger partial charge on any atom is 0.153 e. The standard InChI is InChI=1S/C10H11N3OS/c1-2-4-13-6-8(7-14)9(12-13)10-11-3-5-15-10/h3,5-7H,2,4H2,1H3. The summed E-state index contributed by atoms with van der Waals surface area (Å²) in [6.07, 6.45) is 5.31. The smallest absolute Gasteiger partial charge is 0.153 e. The summed E-state index contributed by atoms with van der Waals surface area (Å²) in [6, 6.07) is 0. The molecule has 0 aliphatic heterocycles. The van der Waals surface area contributed by atoms with E-state index in [-0.39, 0.29) is 0 Å². The van der Waals surface area contributed by atoms with Gasteiger partial charge in [-0.15, -0.1) is 11.3 Å². The average Bonchev–Trinajstić information content (AvgIpc) is 2.84. The first-order valence-corrected chi connectivity index (χ1v) is 5.65. The van der Waals surface area contributed by atoms with Gasteiger partial charge in [0.1, 0.15) is 10.7 Å². The molecule has 0 atom stereocenters. The summed E-state index contributed by atoms with van der Waals surface area (Å²) in [4.78, 5) is 15.0. The molecule has 2 aromatic heterocycles. The van der Waals surface area contributed by atoms with Gasteiger partial charge in [-0.2, -0.15) is 5.10 Å². The van der Waals surface area contributed by atoms with Crippen LogP contribution in [-0.4, -0.2) is 21.1 Å². The SMILES string of the molecule is CCCn1cc(C=O)c(-c2nccs2)n1. The maximum atomic E-state index is 10.9. The summed E-state index contributed by atoms with van der Waals surface area (Å²) in [6.45, 7) is 2.90. The second-order valence-corrected chi connectivity index (χ2v) is 4.05. The van der Waals surface area contributed by atoms with Crippen molar-refractivity contribution in [3.8, 4) is 10.7 Å². The molecular formula is C10H11N3OS. The van der Waals surface area contributed by atoms with Crippen LogP contribution in [0, 0.1) is 0 Å². The molecule has 0 aliphatic rings. The minimum absolute atomic E-state index is 0.610. The van der Waals surface area contributed by atoms with Gasteiger partial charge in [0.2, 0.25) is 0 Å². The second-order valence-electron chi connectivity index (χ2n) is 3.15. The zero-order valence-electron chi connectivity index (χ0n) is 8.38. The van der Waals surface area contributed by atoms with Crippen molar-refractivity contribution in [3.63, 3.8) is 0 Å². The minimum atomic E-state index is 0.610. The first-order chi connectivity index (χ1) is 7.35. The van der Waals surface area contributed by atoms with E-state index in [1.165, 1.54) is 11.3 Å². The molecule has 0 amide bonds. The third kappa shape index (κ3) is 1.97. The molecule has 2 rings (SSSR count). The molecule has 0 aromatic carbocycles. The van der Waals surface area contributed by atoms with E-state index >= 15 is 0 Å². The molecule has 0 bridgehead atoms. The Morgan fingerprint density at radius 3 is 3.07 bits per heavy atom. The summed E-state index contributed by atoms with van der Waals surface area (Å²) in [5, 5.41) is 7.02. The molecule has 4 nitrogen and oxygen atoms in total. The number of aryl methyl sites for hydroxylation is 1. The molecule has 78 valence electrons. The Hall–Kier alpha value is -1.49. The van der Waals surface area contributed by atoms with Crippen LogP contribution >= 0.6 is 11.3 Å². The van der Waals surface area contributed by atoms with Crippen molar-refractivity contribution in [3.05, 3.63) is 23.3 Å². The molecular weight excluding hydrogens is 210 g/mol. The van der Waals surface area contributed by atoms with Crippen molar-refractivity contribution in [2.45, 2.75) is 19.9 Å². The molecule has 0 N–H and O–H groups in total. The van der Waals surface area contributed by atoms with Gasteiger partial charge in [-0.25, -0.2) is 4.98 Å². The zero-order chi connectivity index (χ0) is 10.7. The highest BCUT2D eigenvalue weighted by Crippen LogP contribution is 2.22. The van der Waals surface area contributed by atoms with Gasteiger partial charge in [-0.1, -0.05) is 6.92 Å². The van der Waals surface area contributed by atoms with Crippen molar-refractivity contribution in [2.75, 3.05) is 0 Å². The van der Waals surface area contributed by atoms with Crippen LogP contribution in [0.2, 0.25) is 0 Å². The molecule has 2 heterocycles. The first kappa shape index (κ1) is 10.0.